The van der Waals surface area contributed by atoms with Crippen LogP contribution in [0.3, 0.4) is 0 Å². The molecule has 0 radical (unpaired) electrons. The lowest BCUT2D eigenvalue weighted by atomic mass is 10.0. The van der Waals surface area contributed by atoms with Crippen molar-refractivity contribution in [2.75, 3.05) is 5.75 Å². The first-order valence-electron chi connectivity index (χ1n) is 4.77. The second kappa shape index (κ2) is 5.77. The van der Waals surface area contributed by atoms with Crippen LogP contribution in [0.4, 0.5) is 17.6 Å². The summed E-state index contributed by atoms with van der Waals surface area (Å²) < 4.78 is 52.5. The minimum atomic E-state index is -4.92. The highest BCUT2D eigenvalue weighted by atomic mass is 32.1. The Balaban J connectivity index is 2.92. The molecule has 0 heterocycles. The fraction of sp³-hybridized carbons (Fsp3) is 0.400. The molecule has 0 aliphatic rings. The first-order chi connectivity index (χ1) is 8.24. The van der Waals surface area contributed by atoms with Gasteiger partial charge in [-0.1, -0.05) is 0 Å². The van der Waals surface area contributed by atoms with Crippen molar-refractivity contribution in [3.8, 4) is 5.75 Å². The van der Waals surface area contributed by atoms with Crippen LogP contribution in [-0.2, 0) is 0 Å². The van der Waals surface area contributed by atoms with Crippen LogP contribution in [0.2, 0.25) is 0 Å². The minimum Gasteiger partial charge on any atom is -0.406 e. The van der Waals surface area contributed by atoms with E-state index < -0.39 is 30.1 Å². The zero-order valence-electron chi connectivity index (χ0n) is 8.86. The Labute approximate surface area is 105 Å². The number of thiol groups is 1. The van der Waals surface area contributed by atoms with E-state index in [1.165, 1.54) is 0 Å². The number of ether oxygens (including phenoxy) is 1. The Morgan fingerprint density at radius 1 is 1.28 bits per heavy atom. The molecule has 3 nitrogen and oxygen atoms in total. The molecule has 0 aliphatic carbocycles. The van der Waals surface area contributed by atoms with Gasteiger partial charge in [0.15, 0.2) is 0 Å². The average molecular weight is 286 g/mol. The van der Waals surface area contributed by atoms with Gasteiger partial charge in [0.1, 0.15) is 17.7 Å². The predicted molar refractivity (Wildman–Crippen MR) is 57.9 cm³/mol. The summed E-state index contributed by atoms with van der Waals surface area (Å²) in [7, 11) is 0. The van der Waals surface area contributed by atoms with E-state index in [4.69, 9.17) is 0 Å². The van der Waals surface area contributed by atoms with Crippen LogP contribution in [0.25, 0.3) is 0 Å². The van der Waals surface area contributed by atoms with E-state index in [-0.39, 0.29) is 11.3 Å². The van der Waals surface area contributed by atoms with Gasteiger partial charge in [-0.15, -0.1) is 13.2 Å². The van der Waals surface area contributed by atoms with E-state index in [1.807, 2.05) is 0 Å². The van der Waals surface area contributed by atoms with E-state index in [0.29, 0.717) is 6.07 Å². The van der Waals surface area contributed by atoms with Gasteiger partial charge in [0.05, 0.1) is 6.10 Å². The number of aliphatic hydroxyl groups is 2. The maximum Gasteiger partial charge on any atom is 0.573 e. The van der Waals surface area contributed by atoms with Crippen molar-refractivity contribution < 1.29 is 32.5 Å². The van der Waals surface area contributed by atoms with Gasteiger partial charge in [-0.3, -0.25) is 0 Å². The van der Waals surface area contributed by atoms with Crippen molar-refractivity contribution >= 4 is 12.6 Å². The summed E-state index contributed by atoms with van der Waals surface area (Å²) in [5, 5.41) is 18.7. The molecule has 2 atom stereocenters. The summed E-state index contributed by atoms with van der Waals surface area (Å²) in [5.74, 6) is -1.97. The summed E-state index contributed by atoms with van der Waals surface area (Å²) in [6.45, 7) is 0. The fourth-order valence-corrected chi connectivity index (χ4v) is 1.45. The van der Waals surface area contributed by atoms with E-state index in [2.05, 4.69) is 17.4 Å². The van der Waals surface area contributed by atoms with Gasteiger partial charge in [0.2, 0.25) is 0 Å². The van der Waals surface area contributed by atoms with Crippen LogP contribution in [0, 0.1) is 5.82 Å². The van der Waals surface area contributed by atoms with Gasteiger partial charge < -0.3 is 14.9 Å². The molecule has 18 heavy (non-hydrogen) atoms. The Kier molecular flexibility index (Phi) is 4.83. The van der Waals surface area contributed by atoms with Crippen molar-refractivity contribution in [2.24, 2.45) is 0 Å². The molecule has 0 spiro atoms. The van der Waals surface area contributed by atoms with E-state index >= 15 is 0 Å². The first kappa shape index (κ1) is 15.1. The lowest BCUT2D eigenvalue weighted by molar-refractivity contribution is -0.274. The molecule has 102 valence electrons. The first-order valence-corrected chi connectivity index (χ1v) is 5.40. The molecule has 2 unspecified atom stereocenters. The molecule has 0 saturated heterocycles. The minimum absolute atomic E-state index is 0.124. The van der Waals surface area contributed by atoms with Crippen molar-refractivity contribution in [3.05, 3.63) is 29.6 Å². The second-order valence-corrected chi connectivity index (χ2v) is 3.79. The van der Waals surface area contributed by atoms with Gasteiger partial charge in [0.25, 0.3) is 0 Å². The van der Waals surface area contributed by atoms with Crippen LogP contribution >= 0.6 is 12.6 Å². The highest BCUT2D eigenvalue weighted by Gasteiger charge is 2.31. The maximum absolute atomic E-state index is 13.4. The molecule has 1 aromatic carbocycles. The van der Waals surface area contributed by atoms with Crippen LogP contribution in [0.1, 0.15) is 11.7 Å². The summed E-state index contributed by atoms with van der Waals surface area (Å²) >= 11 is 3.71. The normalized spacial score (nSPS) is 15.3. The lowest BCUT2D eigenvalue weighted by Gasteiger charge is -2.17. The Bertz CT molecular complexity index is 411. The Morgan fingerprint density at radius 2 is 1.89 bits per heavy atom. The molecule has 8 heteroatoms. The number of hydrogen-bond acceptors (Lipinski definition) is 4. The number of alkyl halides is 3. The Hall–Kier alpha value is -0.990. The molecule has 0 aliphatic heterocycles. The number of halogens is 4. The molecule has 0 amide bonds. The molecule has 0 saturated carbocycles. The van der Waals surface area contributed by atoms with E-state index in [1.54, 1.807) is 0 Å². The predicted octanol–water partition coefficient (Wildman–Crippen LogP) is 2.05. The summed E-state index contributed by atoms with van der Waals surface area (Å²) in [6.07, 6.45) is -7.81. The zero-order chi connectivity index (χ0) is 13.9. The maximum atomic E-state index is 13.4. The summed E-state index contributed by atoms with van der Waals surface area (Å²) in [5.41, 5.74) is -0.328. The van der Waals surface area contributed by atoms with Crippen molar-refractivity contribution in [1.29, 1.82) is 0 Å². The number of rotatable bonds is 4. The lowest BCUT2D eigenvalue weighted by Crippen LogP contribution is -2.21. The Morgan fingerprint density at radius 3 is 2.33 bits per heavy atom. The molecule has 1 rings (SSSR count). The third-order valence-electron chi connectivity index (χ3n) is 2.08. The summed E-state index contributed by atoms with van der Waals surface area (Å²) in [4.78, 5) is 0. The molecule has 1 aromatic rings. The van der Waals surface area contributed by atoms with Crippen LogP contribution in [-0.4, -0.2) is 28.4 Å². The van der Waals surface area contributed by atoms with Gasteiger partial charge in [-0.2, -0.15) is 12.6 Å². The van der Waals surface area contributed by atoms with Gasteiger partial charge in [0, 0.05) is 17.4 Å². The van der Waals surface area contributed by atoms with Crippen LogP contribution < -0.4 is 4.74 Å². The standard InChI is InChI=1S/C10H10F4O3S/c11-7-3-5(17-10(12,13)14)1-2-6(7)9(16)8(15)4-18/h1-3,8-9,15-16,18H,4H2. The summed E-state index contributed by atoms with van der Waals surface area (Å²) in [6, 6.07) is 2.24. The van der Waals surface area contributed by atoms with Gasteiger partial charge in [-0.05, 0) is 12.1 Å². The zero-order valence-corrected chi connectivity index (χ0v) is 9.75. The molecule has 0 bridgehead atoms. The largest absolute Gasteiger partial charge is 0.573 e. The second-order valence-electron chi connectivity index (χ2n) is 3.43. The highest BCUT2D eigenvalue weighted by molar-refractivity contribution is 7.80. The van der Waals surface area contributed by atoms with E-state index in [0.717, 1.165) is 12.1 Å². The third-order valence-corrected chi connectivity index (χ3v) is 2.45. The molecule has 2 N–H and O–H groups in total. The number of benzene rings is 1. The molecular formula is C10H10F4O3S. The highest BCUT2D eigenvalue weighted by Crippen LogP contribution is 2.28. The smallest absolute Gasteiger partial charge is 0.406 e. The molecular weight excluding hydrogens is 276 g/mol. The van der Waals surface area contributed by atoms with Crippen molar-refractivity contribution in [3.63, 3.8) is 0 Å². The van der Waals surface area contributed by atoms with Crippen molar-refractivity contribution in [1.82, 2.24) is 0 Å². The third kappa shape index (κ3) is 4.04. The van der Waals surface area contributed by atoms with Gasteiger partial charge >= 0.3 is 6.36 Å². The quantitative estimate of drug-likeness (QED) is 0.586. The monoisotopic (exact) mass is 286 g/mol. The SMILES string of the molecule is OC(CS)C(O)c1ccc(OC(F)(F)F)cc1F. The number of hydrogen-bond donors (Lipinski definition) is 3. The van der Waals surface area contributed by atoms with E-state index in [9.17, 15) is 27.8 Å². The average Bonchev–Trinajstić information content (AvgIpc) is 2.25. The van der Waals surface area contributed by atoms with Crippen molar-refractivity contribution in [2.45, 2.75) is 18.6 Å². The van der Waals surface area contributed by atoms with Crippen LogP contribution in [0.15, 0.2) is 18.2 Å². The fourth-order valence-electron chi connectivity index (χ4n) is 1.25. The van der Waals surface area contributed by atoms with Crippen LogP contribution in [0.5, 0.6) is 5.75 Å². The van der Waals surface area contributed by atoms with Gasteiger partial charge in [-0.25, -0.2) is 4.39 Å². The topological polar surface area (TPSA) is 49.7 Å². The molecule has 0 fully saturated rings. The number of aliphatic hydroxyl groups excluding tert-OH is 2. The molecule has 0 aromatic heterocycles.